The van der Waals surface area contributed by atoms with Crippen molar-refractivity contribution in [3.8, 4) is 11.5 Å². The van der Waals surface area contributed by atoms with E-state index in [1.165, 1.54) is 0 Å². The second-order valence-corrected chi connectivity index (χ2v) is 3.95. The van der Waals surface area contributed by atoms with Crippen molar-refractivity contribution < 1.29 is 19.4 Å². The van der Waals surface area contributed by atoms with Crippen LogP contribution in [0.1, 0.15) is 31.2 Å². The first-order chi connectivity index (χ1) is 8.08. The molecule has 0 saturated heterocycles. The zero-order valence-corrected chi connectivity index (χ0v) is 10.4. The molecule has 1 atom stereocenters. The molecule has 0 aliphatic carbocycles. The molecule has 0 saturated carbocycles. The van der Waals surface area contributed by atoms with Gasteiger partial charge in [-0.2, -0.15) is 0 Å². The van der Waals surface area contributed by atoms with E-state index in [1.54, 1.807) is 14.2 Å². The summed E-state index contributed by atoms with van der Waals surface area (Å²) in [6.45, 7) is 2.00. The van der Waals surface area contributed by atoms with E-state index >= 15 is 0 Å². The molecule has 0 fully saturated rings. The highest BCUT2D eigenvalue weighted by atomic mass is 16.5. The quantitative estimate of drug-likeness (QED) is 0.827. The van der Waals surface area contributed by atoms with Crippen LogP contribution in [-0.2, 0) is 4.79 Å². The van der Waals surface area contributed by atoms with Crippen molar-refractivity contribution in [2.75, 3.05) is 14.2 Å². The molecular weight excluding hydrogens is 220 g/mol. The van der Waals surface area contributed by atoms with Gasteiger partial charge in [-0.25, -0.2) is 0 Å². The number of methoxy groups -OCH3 is 2. The number of carboxylic acid groups (broad SMARTS) is 1. The molecule has 4 nitrogen and oxygen atoms in total. The lowest BCUT2D eigenvalue weighted by molar-refractivity contribution is -0.137. The summed E-state index contributed by atoms with van der Waals surface area (Å²) >= 11 is 0. The number of carboxylic acids is 1. The third kappa shape index (κ3) is 3.66. The largest absolute Gasteiger partial charge is 0.493 e. The van der Waals surface area contributed by atoms with Crippen LogP contribution in [0.4, 0.5) is 0 Å². The van der Waals surface area contributed by atoms with Crippen LogP contribution < -0.4 is 9.47 Å². The first-order valence-electron chi connectivity index (χ1n) is 5.52. The van der Waals surface area contributed by atoms with Crippen LogP contribution in [0.5, 0.6) is 11.5 Å². The summed E-state index contributed by atoms with van der Waals surface area (Å²) in [7, 11) is 3.18. The molecule has 0 aliphatic rings. The summed E-state index contributed by atoms with van der Waals surface area (Å²) < 4.78 is 10.4. The number of hydrogen-bond donors (Lipinski definition) is 1. The van der Waals surface area contributed by atoms with Gasteiger partial charge in [-0.15, -0.1) is 0 Å². The monoisotopic (exact) mass is 238 g/mol. The Hall–Kier alpha value is -1.71. The Kier molecular flexibility index (Phi) is 4.82. The van der Waals surface area contributed by atoms with Gasteiger partial charge >= 0.3 is 5.97 Å². The Balaban J connectivity index is 2.80. The van der Waals surface area contributed by atoms with Crippen LogP contribution in [0.25, 0.3) is 0 Å². The fraction of sp³-hybridized carbons (Fsp3) is 0.462. The Morgan fingerprint density at radius 3 is 2.47 bits per heavy atom. The van der Waals surface area contributed by atoms with Crippen LogP contribution in [0.3, 0.4) is 0 Å². The lowest BCUT2D eigenvalue weighted by atomic mass is 9.96. The molecule has 0 heterocycles. The topological polar surface area (TPSA) is 55.8 Å². The molecule has 0 aromatic heterocycles. The summed E-state index contributed by atoms with van der Waals surface area (Å²) in [4.78, 5) is 10.5. The molecule has 0 aliphatic heterocycles. The van der Waals surface area contributed by atoms with Crippen molar-refractivity contribution in [3.63, 3.8) is 0 Å². The second-order valence-electron chi connectivity index (χ2n) is 3.95. The predicted molar refractivity (Wildman–Crippen MR) is 64.8 cm³/mol. The van der Waals surface area contributed by atoms with Crippen molar-refractivity contribution in [2.24, 2.45) is 0 Å². The maximum absolute atomic E-state index is 10.5. The fourth-order valence-corrected chi connectivity index (χ4v) is 1.67. The van der Waals surface area contributed by atoms with Gasteiger partial charge in [-0.3, -0.25) is 4.79 Å². The predicted octanol–water partition coefficient (Wildman–Crippen LogP) is 2.67. The van der Waals surface area contributed by atoms with Crippen molar-refractivity contribution in [1.82, 2.24) is 0 Å². The molecule has 94 valence electrons. The molecule has 4 heteroatoms. The van der Waals surface area contributed by atoms with Gasteiger partial charge in [0.05, 0.1) is 14.2 Å². The van der Waals surface area contributed by atoms with Gasteiger partial charge < -0.3 is 14.6 Å². The van der Waals surface area contributed by atoms with Crippen LogP contribution in [0.15, 0.2) is 18.2 Å². The number of carbonyl (C=O) groups is 1. The minimum Gasteiger partial charge on any atom is -0.493 e. The molecule has 1 unspecified atom stereocenters. The van der Waals surface area contributed by atoms with Gasteiger partial charge in [0.25, 0.3) is 0 Å². The summed E-state index contributed by atoms with van der Waals surface area (Å²) in [6, 6.07) is 5.67. The second kappa shape index (κ2) is 6.13. The van der Waals surface area contributed by atoms with Crippen molar-refractivity contribution in [1.29, 1.82) is 0 Å². The molecule has 0 amide bonds. The van der Waals surface area contributed by atoms with E-state index in [2.05, 4.69) is 0 Å². The lowest BCUT2D eigenvalue weighted by Crippen LogP contribution is -2.01. The number of hydrogen-bond acceptors (Lipinski definition) is 3. The summed E-state index contributed by atoms with van der Waals surface area (Å²) in [5.74, 6) is 0.775. The summed E-state index contributed by atoms with van der Waals surface area (Å²) in [5.41, 5.74) is 1.06. The molecule has 1 aromatic rings. The highest BCUT2D eigenvalue weighted by Gasteiger charge is 2.11. The lowest BCUT2D eigenvalue weighted by Gasteiger charge is -2.14. The van der Waals surface area contributed by atoms with Gasteiger partial charge in [0.1, 0.15) is 0 Å². The Bertz CT molecular complexity index is 387. The van der Waals surface area contributed by atoms with Gasteiger partial charge in [0.15, 0.2) is 11.5 Å². The van der Waals surface area contributed by atoms with Crippen molar-refractivity contribution in [2.45, 2.75) is 25.7 Å². The Labute approximate surface area is 101 Å². The minimum atomic E-state index is -0.766. The molecule has 1 rings (SSSR count). The van der Waals surface area contributed by atoms with Gasteiger partial charge in [-0.05, 0) is 30.0 Å². The average Bonchev–Trinajstić information content (AvgIpc) is 2.34. The fourth-order valence-electron chi connectivity index (χ4n) is 1.67. The first kappa shape index (κ1) is 13.4. The number of rotatable bonds is 6. The van der Waals surface area contributed by atoms with Crippen molar-refractivity contribution >= 4 is 5.97 Å². The Morgan fingerprint density at radius 1 is 1.29 bits per heavy atom. The normalized spacial score (nSPS) is 11.9. The molecule has 0 spiro atoms. The standard InChI is InChI=1S/C13H18O4/c1-9(4-7-13(14)15)10-5-6-11(16-2)12(8-10)17-3/h5-6,8-9H,4,7H2,1-3H3,(H,14,15). The zero-order chi connectivity index (χ0) is 12.8. The van der Waals surface area contributed by atoms with Crippen LogP contribution in [0.2, 0.25) is 0 Å². The van der Waals surface area contributed by atoms with Crippen LogP contribution in [0, 0.1) is 0 Å². The van der Waals surface area contributed by atoms with E-state index in [0.29, 0.717) is 17.9 Å². The highest BCUT2D eigenvalue weighted by Crippen LogP contribution is 2.31. The highest BCUT2D eigenvalue weighted by molar-refractivity contribution is 5.66. The molecule has 17 heavy (non-hydrogen) atoms. The summed E-state index contributed by atoms with van der Waals surface area (Å²) in [6.07, 6.45) is 0.792. The molecule has 0 radical (unpaired) electrons. The third-order valence-corrected chi connectivity index (χ3v) is 2.77. The van der Waals surface area contributed by atoms with E-state index in [4.69, 9.17) is 14.6 Å². The maximum atomic E-state index is 10.5. The number of benzene rings is 1. The van der Waals surface area contributed by atoms with E-state index in [1.807, 2.05) is 25.1 Å². The molecule has 1 aromatic carbocycles. The third-order valence-electron chi connectivity index (χ3n) is 2.77. The number of aliphatic carboxylic acids is 1. The van der Waals surface area contributed by atoms with E-state index in [-0.39, 0.29) is 12.3 Å². The van der Waals surface area contributed by atoms with Gasteiger partial charge in [0, 0.05) is 6.42 Å². The van der Waals surface area contributed by atoms with Crippen molar-refractivity contribution in [3.05, 3.63) is 23.8 Å². The van der Waals surface area contributed by atoms with Gasteiger partial charge in [0.2, 0.25) is 0 Å². The van der Waals surface area contributed by atoms with E-state index in [0.717, 1.165) is 5.56 Å². The maximum Gasteiger partial charge on any atom is 0.303 e. The van der Waals surface area contributed by atoms with Crippen LogP contribution in [-0.4, -0.2) is 25.3 Å². The van der Waals surface area contributed by atoms with Gasteiger partial charge in [-0.1, -0.05) is 13.0 Å². The average molecular weight is 238 g/mol. The molecular formula is C13H18O4. The SMILES string of the molecule is COc1ccc(C(C)CCC(=O)O)cc1OC. The first-order valence-corrected chi connectivity index (χ1v) is 5.52. The molecule has 1 N–H and O–H groups in total. The summed E-state index contributed by atoms with van der Waals surface area (Å²) in [5, 5.41) is 8.65. The van der Waals surface area contributed by atoms with E-state index < -0.39 is 5.97 Å². The smallest absolute Gasteiger partial charge is 0.303 e. The minimum absolute atomic E-state index is 0.176. The zero-order valence-electron chi connectivity index (χ0n) is 10.4. The Morgan fingerprint density at radius 2 is 1.94 bits per heavy atom. The number of ether oxygens (including phenoxy) is 2. The van der Waals surface area contributed by atoms with E-state index in [9.17, 15) is 4.79 Å². The van der Waals surface area contributed by atoms with Crippen LogP contribution >= 0.6 is 0 Å². The molecule has 0 bridgehead atoms.